The molecule has 0 amide bonds. The molecule has 4 heteroatoms. The van der Waals surface area contributed by atoms with Crippen molar-refractivity contribution in [3.63, 3.8) is 0 Å². The maximum absolute atomic E-state index is 6.05. The lowest BCUT2D eigenvalue weighted by Gasteiger charge is -2.13. The normalized spacial score (nSPS) is 13.5. The highest BCUT2D eigenvalue weighted by molar-refractivity contribution is 7.11. The van der Waals surface area contributed by atoms with Crippen LogP contribution in [0.25, 0.3) is 0 Å². The van der Waals surface area contributed by atoms with Crippen molar-refractivity contribution in [1.82, 2.24) is 9.88 Å². The van der Waals surface area contributed by atoms with Crippen LogP contribution in [0.4, 0.5) is 0 Å². The third-order valence-electron chi connectivity index (χ3n) is 2.46. The first-order valence-corrected chi connectivity index (χ1v) is 6.14. The van der Waals surface area contributed by atoms with Crippen LogP contribution in [-0.2, 0) is 6.42 Å². The zero-order chi connectivity index (χ0) is 11.4. The quantitative estimate of drug-likeness (QED) is 0.830. The van der Waals surface area contributed by atoms with Gasteiger partial charge in [-0.2, -0.15) is 0 Å². The minimum absolute atomic E-state index is 0.234. The van der Waals surface area contributed by atoms with Gasteiger partial charge in [0.2, 0.25) is 0 Å². The molecule has 0 saturated carbocycles. The summed E-state index contributed by atoms with van der Waals surface area (Å²) in [6, 6.07) is 0.234. The summed E-state index contributed by atoms with van der Waals surface area (Å²) < 4.78 is 0. The standard InChI is InChI=1S/C11H21N3S/c1-8-9(2)15-11(13-8)7-10(12)5-6-14(3)4/h10H,5-7,12H2,1-4H3. The Morgan fingerprint density at radius 3 is 2.53 bits per heavy atom. The third-order valence-corrected chi connectivity index (χ3v) is 3.55. The van der Waals surface area contributed by atoms with Crippen molar-refractivity contribution in [3.8, 4) is 0 Å². The van der Waals surface area contributed by atoms with Crippen LogP contribution in [0.1, 0.15) is 22.0 Å². The summed E-state index contributed by atoms with van der Waals surface area (Å²) in [5.41, 5.74) is 7.20. The maximum Gasteiger partial charge on any atom is 0.0946 e. The minimum Gasteiger partial charge on any atom is -0.327 e. The van der Waals surface area contributed by atoms with Gasteiger partial charge < -0.3 is 10.6 Å². The summed E-state index contributed by atoms with van der Waals surface area (Å²) >= 11 is 1.77. The lowest BCUT2D eigenvalue weighted by atomic mass is 10.1. The van der Waals surface area contributed by atoms with Crippen LogP contribution in [0.15, 0.2) is 0 Å². The molecule has 86 valence electrons. The van der Waals surface area contributed by atoms with E-state index >= 15 is 0 Å². The summed E-state index contributed by atoms with van der Waals surface area (Å²) in [5, 5.41) is 1.18. The van der Waals surface area contributed by atoms with E-state index in [1.165, 1.54) is 9.88 Å². The first kappa shape index (κ1) is 12.6. The van der Waals surface area contributed by atoms with Crippen LogP contribution in [0.5, 0.6) is 0 Å². The third kappa shape index (κ3) is 4.28. The van der Waals surface area contributed by atoms with Gasteiger partial charge in [0.25, 0.3) is 0 Å². The Bertz CT molecular complexity index is 287. The van der Waals surface area contributed by atoms with Gasteiger partial charge >= 0.3 is 0 Å². The lowest BCUT2D eigenvalue weighted by Crippen LogP contribution is -2.28. The molecule has 15 heavy (non-hydrogen) atoms. The van der Waals surface area contributed by atoms with E-state index in [0.29, 0.717) is 0 Å². The van der Waals surface area contributed by atoms with E-state index in [1.54, 1.807) is 11.3 Å². The fraction of sp³-hybridized carbons (Fsp3) is 0.727. The molecule has 0 spiro atoms. The van der Waals surface area contributed by atoms with Gasteiger partial charge in [-0.3, -0.25) is 0 Å². The fourth-order valence-corrected chi connectivity index (χ4v) is 2.40. The number of nitrogens with two attached hydrogens (primary N) is 1. The van der Waals surface area contributed by atoms with Crippen molar-refractivity contribution >= 4 is 11.3 Å². The Kier molecular flexibility index (Phi) is 4.70. The number of rotatable bonds is 5. The van der Waals surface area contributed by atoms with Crippen molar-refractivity contribution in [1.29, 1.82) is 0 Å². The number of hydrogen-bond acceptors (Lipinski definition) is 4. The van der Waals surface area contributed by atoms with Gasteiger partial charge in [0.1, 0.15) is 0 Å². The Morgan fingerprint density at radius 1 is 1.40 bits per heavy atom. The highest BCUT2D eigenvalue weighted by Crippen LogP contribution is 2.17. The minimum atomic E-state index is 0.234. The Morgan fingerprint density at radius 2 is 2.07 bits per heavy atom. The van der Waals surface area contributed by atoms with Crippen LogP contribution < -0.4 is 5.73 Å². The van der Waals surface area contributed by atoms with E-state index < -0.39 is 0 Å². The summed E-state index contributed by atoms with van der Waals surface area (Å²) in [4.78, 5) is 7.98. The summed E-state index contributed by atoms with van der Waals surface area (Å²) in [6.45, 7) is 5.22. The van der Waals surface area contributed by atoms with E-state index in [2.05, 4.69) is 37.8 Å². The van der Waals surface area contributed by atoms with Gasteiger partial charge in [0.05, 0.1) is 10.7 Å². The largest absolute Gasteiger partial charge is 0.327 e. The second-order valence-electron chi connectivity index (χ2n) is 4.31. The highest BCUT2D eigenvalue weighted by Gasteiger charge is 2.09. The molecule has 0 radical (unpaired) electrons. The molecular weight excluding hydrogens is 206 g/mol. The molecule has 2 N–H and O–H groups in total. The monoisotopic (exact) mass is 227 g/mol. The van der Waals surface area contributed by atoms with E-state index in [1.807, 2.05) is 0 Å². The first-order chi connectivity index (χ1) is 6.99. The van der Waals surface area contributed by atoms with E-state index in [9.17, 15) is 0 Å². The summed E-state index contributed by atoms with van der Waals surface area (Å²) in [7, 11) is 4.15. The van der Waals surface area contributed by atoms with Gasteiger partial charge in [0.15, 0.2) is 0 Å². The second-order valence-corrected chi connectivity index (χ2v) is 5.59. The molecule has 1 heterocycles. The molecule has 1 aromatic heterocycles. The Hall–Kier alpha value is -0.450. The summed E-state index contributed by atoms with van der Waals surface area (Å²) in [5.74, 6) is 0. The van der Waals surface area contributed by atoms with Gasteiger partial charge in [-0.25, -0.2) is 4.98 Å². The molecule has 1 unspecified atom stereocenters. The van der Waals surface area contributed by atoms with Crippen molar-refractivity contribution in [2.24, 2.45) is 5.73 Å². The molecule has 0 aromatic carbocycles. The van der Waals surface area contributed by atoms with Crippen LogP contribution in [0, 0.1) is 13.8 Å². The van der Waals surface area contributed by atoms with E-state index in [-0.39, 0.29) is 6.04 Å². The van der Waals surface area contributed by atoms with Crippen molar-refractivity contribution < 1.29 is 0 Å². The number of hydrogen-bond donors (Lipinski definition) is 1. The van der Waals surface area contributed by atoms with Crippen molar-refractivity contribution in [2.45, 2.75) is 32.7 Å². The van der Waals surface area contributed by atoms with E-state index in [0.717, 1.165) is 25.1 Å². The summed E-state index contributed by atoms with van der Waals surface area (Å²) in [6.07, 6.45) is 1.94. The smallest absolute Gasteiger partial charge is 0.0946 e. The van der Waals surface area contributed by atoms with E-state index in [4.69, 9.17) is 5.73 Å². The van der Waals surface area contributed by atoms with Gasteiger partial charge in [-0.15, -0.1) is 11.3 Å². The topological polar surface area (TPSA) is 42.1 Å². The molecule has 3 nitrogen and oxygen atoms in total. The zero-order valence-corrected chi connectivity index (χ0v) is 10.9. The predicted molar refractivity (Wildman–Crippen MR) is 66.4 cm³/mol. The van der Waals surface area contributed by atoms with Crippen LogP contribution in [0.3, 0.4) is 0 Å². The molecule has 0 aliphatic carbocycles. The number of aryl methyl sites for hydroxylation is 2. The molecule has 0 bridgehead atoms. The maximum atomic E-state index is 6.05. The lowest BCUT2D eigenvalue weighted by molar-refractivity contribution is 0.379. The zero-order valence-electron chi connectivity index (χ0n) is 10.1. The molecule has 1 rings (SSSR count). The van der Waals surface area contributed by atoms with Crippen LogP contribution in [0.2, 0.25) is 0 Å². The number of aromatic nitrogens is 1. The molecular formula is C11H21N3S. The van der Waals surface area contributed by atoms with Crippen molar-refractivity contribution in [3.05, 3.63) is 15.6 Å². The van der Waals surface area contributed by atoms with Gasteiger partial charge in [-0.05, 0) is 40.9 Å². The molecule has 1 atom stereocenters. The Balaban J connectivity index is 2.40. The number of thiazole rings is 1. The number of nitrogens with zero attached hydrogens (tertiary/aromatic N) is 2. The van der Waals surface area contributed by atoms with Crippen LogP contribution >= 0.6 is 11.3 Å². The van der Waals surface area contributed by atoms with Crippen molar-refractivity contribution in [2.75, 3.05) is 20.6 Å². The first-order valence-electron chi connectivity index (χ1n) is 5.32. The molecule has 1 aromatic rings. The average molecular weight is 227 g/mol. The SMILES string of the molecule is Cc1nc(CC(N)CCN(C)C)sc1C. The molecule has 0 aliphatic rings. The van der Waals surface area contributed by atoms with Gasteiger partial charge in [0, 0.05) is 17.3 Å². The van der Waals surface area contributed by atoms with Crippen LogP contribution in [-0.4, -0.2) is 36.6 Å². The fourth-order valence-electron chi connectivity index (χ4n) is 1.38. The molecule has 0 fully saturated rings. The predicted octanol–water partition coefficient (Wildman–Crippen LogP) is 1.58. The molecule has 0 saturated heterocycles. The average Bonchev–Trinajstić information content (AvgIpc) is 2.42. The Labute approximate surface area is 96.3 Å². The highest BCUT2D eigenvalue weighted by atomic mass is 32.1. The van der Waals surface area contributed by atoms with Gasteiger partial charge in [-0.1, -0.05) is 0 Å². The second kappa shape index (κ2) is 5.58. The molecule has 0 aliphatic heterocycles.